The normalized spacial score (nSPS) is 11.9. The fraction of sp³-hybridized carbons (Fsp3) is 0. The van der Waals surface area contributed by atoms with E-state index in [0.29, 0.717) is 17.5 Å². The summed E-state index contributed by atoms with van der Waals surface area (Å²) in [6.07, 6.45) is 0. The van der Waals surface area contributed by atoms with Gasteiger partial charge in [-0.25, -0.2) is 15.0 Å². The molecule has 0 radical (unpaired) electrons. The van der Waals surface area contributed by atoms with E-state index in [1.54, 1.807) is 0 Å². The van der Waals surface area contributed by atoms with Crippen LogP contribution in [-0.2, 0) is 0 Å². The Balaban J connectivity index is 1.02. The van der Waals surface area contributed by atoms with Crippen molar-refractivity contribution in [3.05, 3.63) is 182 Å². The van der Waals surface area contributed by atoms with Crippen molar-refractivity contribution in [2.24, 2.45) is 0 Å². The van der Waals surface area contributed by atoms with Gasteiger partial charge in [-0.15, -0.1) is 0 Å². The maximum Gasteiger partial charge on any atom is 0.164 e. The van der Waals surface area contributed by atoms with Crippen molar-refractivity contribution >= 4 is 65.7 Å². The largest absolute Gasteiger partial charge is 0.456 e. The first kappa shape index (κ1) is 31.5. The molecule has 0 spiro atoms. The van der Waals surface area contributed by atoms with E-state index in [-0.39, 0.29) is 0 Å². The molecular formula is C51H30N4O2. The van der Waals surface area contributed by atoms with Gasteiger partial charge in [0.15, 0.2) is 17.5 Å². The average Bonchev–Trinajstić information content (AvgIpc) is 3.96. The Hall–Kier alpha value is -7.83. The minimum Gasteiger partial charge on any atom is -0.456 e. The van der Waals surface area contributed by atoms with Gasteiger partial charge in [0.1, 0.15) is 22.3 Å². The number of aromatic nitrogens is 4. The van der Waals surface area contributed by atoms with Crippen molar-refractivity contribution in [2.45, 2.75) is 0 Å². The van der Waals surface area contributed by atoms with E-state index in [0.717, 1.165) is 88.4 Å². The van der Waals surface area contributed by atoms with Crippen LogP contribution in [0.1, 0.15) is 0 Å². The zero-order chi connectivity index (χ0) is 37.5. The summed E-state index contributed by atoms with van der Waals surface area (Å²) in [6, 6.07) is 62.8. The zero-order valence-electron chi connectivity index (χ0n) is 30.4. The van der Waals surface area contributed by atoms with E-state index in [9.17, 15) is 0 Å². The van der Waals surface area contributed by atoms with E-state index in [4.69, 9.17) is 23.8 Å². The van der Waals surface area contributed by atoms with Gasteiger partial charge >= 0.3 is 0 Å². The lowest BCUT2D eigenvalue weighted by Crippen LogP contribution is -2.01. The molecule has 0 aliphatic carbocycles. The molecule has 6 heteroatoms. The van der Waals surface area contributed by atoms with Crippen LogP contribution >= 0.6 is 0 Å². The topological polar surface area (TPSA) is 69.9 Å². The number of rotatable bonds is 5. The van der Waals surface area contributed by atoms with Crippen LogP contribution < -0.4 is 0 Å². The summed E-state index contributed by atoms with van der Waals surface area (Å²) in [4.78, 5) is 15.4. The fourth-order valence-electron chi connectivity index (χ4n) is 8.42. The van der Waals surface area contributed by atoms with Gasteiger partial charge in [-0.05, 0) is 71.8 Å². The lowest BCUT2D eigenvalue weighted by Gasteiger charge is -2.12. The van der Waals surface area contributed by atoms with Crippen LogP contribution in [0.3, 0.4) is 0 Å². The smallest absolute Gasteiger partial charge is 0.164 e. The highest BCUT2D eigenvalue weighted by Crippen LogP contribution is 2.39. The SMILES string of the molecule is c1ccc(-c2nc(-c3cccc(-n4c5ccccc5c5cc(-c6ccc7oc8ccccc8c7c6)ccc54)c3)nc(-c3cccc4oc5ccccc5c34)n2)cc1. The summed E-state index contributed by atoms with van der Waals surface area (Å²) in [6.45, 7) is 0. The predicted octanol–water partition coefficient (Wildman–Crippen LogP) is 13.4. The molecule has 0 fully saturated rings. The number of furan rings is 2. The number of hydrogen-bond donors (Lipinski definition) is 0. The molecule has 4 aromatic heterocycles. The van der Waals surface area contributed by atoms with E-state index in [1.807, 2.05) is 72.8 Å². The van der Waals surface area contributed by atoms with E-state index >= 15 is 0 Å². The van der Waals surface area contributed by atoms with Crippen LogP contribution in [0.15, 0.2) is 191 Å². The van der Waals surface area contributed by atoms with Gasteiger partial charge in [0, 0.05) is 54.7 Å². The third-order valence-electron chi connectivity index (χ3n) is 11.1. The molecule has 0 amide bonds. The standard InChI is InChI=1S/C51H30N4O2/c1-2-12-31(13-3-1)49-52-50(54-51(53-49)39-19-11-23-47-48(39)38-18-6-9-22-45(38)57-47)34-14-10-15-35(28-34)55-42-20-7-4-16-36(42)40-29-32(24-26-43(40)55)33-25-27-46-41(30-33)37-17-5-8-21-44(37)56-46/h1-30H. The molecule has 12 rings (SSSR count). The van der Waals surface area contributed by atoms with E-state index in [2.05, 4.69) is 114 Å². The summed E-state index contributed by atoms with van der Waals surface area (Å²) in [5, 5.41) is 6.62. The van der Waals surface area contributed by atoms with Gasteiger partial charge in [-0.3, -0.25) is 0 Å². The monoisotopic (exact) mass is 730 g/mol. The third-order valence-corrected chi connectivity index (χ3v) is 11.1. The van der Waals surface area contributed by atoms with Crippen molar-refractivity contribution in [1.29, 1.82) is 0 Å². The predicted molar refractivity (Wildman–Crippen MR) is 230 cm³/mol. The van der Waals surface area contributed by atoms with Crippen LogP contribution in [0, 0.1) is 0 Å². The fourth-order valence-corrected chi connectivity index (χ4v) is 8.42. The number of fused-ring (bicyclic) bond motifs is 9. The molecule has 4 heterocycles. The second-order valence-corrected chi connectivity index (χ2v) is 14.4. The van der Waals surface area contributed by atoms with Crippen molar-refractivity contribution in [3.63, 3.8) is 0 Å². The minimum absolute atomic E-state index is 0.590. The molecule has 0 aliphatic rings. The van der Waals surface area contributed by atoms with Gasteiger partial charge in [0.05, 0.1) is 11.0 Å². The van der Waals surface area contributed by atoms with Crippen molar-refractivity contribution in [3.8, 4) is 51.0 Å². The maximum atomic E-state index is 6.26. The molecule has 0 atom stereocenters. The van der Waals surface area contributed by atoms with Gasteiger partial charge in [-0.1, -0.05) is 121 Å². The Bertz CT molecular complexity index is 3540. The first-order valence-electron chi connectivity index (χ1n) is 19.0. The Kier molecular flexibility index (Phi) is 6.83. The quantitative estimate of drug-likeness (QED) is 0.176. The molecule has 6 nitrogen and oxygen atoms in total. The average molecular weight is 731 g/mol. The molecular weight excluding hydrogens is 701 g/mol. The van der Waals surface area contributed by atoms with Gasteiger partial charge in [0.2, 0.25) is 0 Å². The van der Waals surface area contributed by atoms with Crippen molar-refractivity contribution < 1.29 is 8.83 Å². The summed E-state index contributed by atoms with van der Waals surface area (Å²) in [7, 11) is 0. The van der Waals surface area contributed by atoms with Crippen LogP contribution in [-0.4, -0.2) is 19.5 Å². The first-order valence-corrected chi connectivity index (χ1v) is 19.0. The third kappa shape index (κ3) is 5.01. The molecule has 0 aliphatic heterocycles. The highest BCUT2D eigenvalue weighted by atomic mass is 16.3. The number of nitrogens with zero attached hydrogens (tertiary/aromatic N) is 4. The van der Waals surface area contributed by atoms with Crippen molar-refractivity contribution in [1.82, 2.24) is 19.5 Å². The Labute approximate surface area is 325 Å². The molecule has 0 bridgehead atoms. The van der Waals surface area contributed by atoms with Crippen LogP contribution in [0.5, 0.6) is 0 Å². The van der Waals surface area contributed by atoms with Gasteiger partial charge in [-0.2, -0.15) is 0 Å². The van der Waals surface area contributed by atoms with Crippen molar-refractivity contribution in [2.75, 3.05) is 0 Å². The maximum absolute atomic E-state index is 6.26. The highest BCUT2D eigenvalue weighted by Gasteiger charge is 2.19. The second-order valence-electron chi connectivity index (χ2n) is 14.4. The van der Waals surface area contributed by atoms with Gasteiger partial charge < -0.3 is 13.4 Å². The van der Waals surface area contributed by atoms with Crippen LogP contribution in [0.4, 0.5) is 0 Å². The first-order chi connectivity index (χ1) is 28.2. The number of benzene rings is 8. The Morgan fingerprint density at radius 2 is 0.912 bits per heavy atom. The van der Waals surface area contributed by atoms with E-state index in [1.165, 1.54) is 10.8 Å². The van der Waals surface area contributed by atoms with E-state index < -0.39 is 0 Å². The minimum atomic E-state index is 0.590. The number of para-hydroxylation sites is 3. The lowest BCUT2D eigenvalue weighted by molar-refractivity contribution is 0.668. The molecule has 0 saturated carbocycles. The molecule has 8 aromatic carbocycles. The zero-order valence-corrected chi connectivity index (χ0v) is 30.4. The second kappa shape index (κ2) is 12.3. The van der Waals surface area contributed by atoms with Crippen LogP contribution in [0.25, 0.3) is 117 Å². The molecule has 0 unspecified atom stereocenters. The summed E-state index contributed by atoms with van der Waals surface area (Å²) in [5.74, 6) is 1.79. The Morgan fingerprint density at radius 1 is 0.333 bits per heavy atom. The summed E-state index contributed by atoms with van der Waals surface area (Å²) in [5.41, 5.74) is 11.7. The van der Waals surface area contributed by atoms with Gasteiger partial charge in [0.25, 0.3) is 0 Å². The van der Waals surface area contributed by atoms with Crippen LogP contribution in [0.2, 0.25) is 0 Å². The molecule has 0 saturated heterocycles. The summed E-state index contributed by atoms with van der Waals surface area (Å²) >= 11 is 0. The summed E-state index contributed by atoms with van der Waals surface area (Å²) < 4.78 is 14.7. The lowest BCUT2D eigenvalue weighted by atomic mass is 10.0. The molecule has 12 aromatic rings. The molecule has 57 heavy (non-hydrogen) atoms. The Morgan fingerprint density at radius 3 is 1.77 bits per heavy atom. The molecule has 0 N–H and O–H groups in total. The number of hydrogen-bond acceptors (Lipinski definition) is 5. The highest BCUT2D eigenvalue weighted by molar-refractivity contribution is 6.13. The molecule has 266 valence electrons.